The van der Waals surface area contributed by atoms with E-state index in [1.807, 2.05) is 30.3 Å². The van der Waals surface area contributed by atoms with Crippen molar-refractivity contribution in [3.05, 3.63) is 57.9 Å². The van der Waals surface area contributed by atoms with Gasteiger partial charge in [0.05, 0.1) is 37.0 Å². The summed E-state index contributed by atoms with van der Waals surface area (Å²) in [4.78, 5) is 30.7. The Bertz CT molecular complexity index is 1270. The number of pyridine rings is 2. The molecular weight excluding hydrogens is 408 g/mol. The molecule has 0 saturated heterocycles. The Labute approximate surface area is 186 Å². The van der Waals surface area contributed by atoms with Crippen LogP contribution >= 0.6 is 0 Å². The summed E-state index contributed by atoms with van der Waals surface area (Å²) in [6.45, 7) is 7.44. The van der Waals surface area contributed by atoms with Crippen molar-refractivity contribution in [1.29, 1.82) is 0 Å². The third kappa shape index (κ3) is 3.77. The fraction of sp³-hybridized carbons (Fsp3) is 0.400. The largest absolute Gasteiger partial charge is 0.491 e. The molecule has 0 bridgehead atoms. The normalized spacial score (nSPS) is 14.6. The number of para-hydroxylation sites is 1. The molecule has 32 heavy (non-hydrogen) atoms. The van der Waals surface area contributed by atoms with Crippen molar-refractivity contribution in [1.82, 2.24) is 9.55 Å². The quantitative estimate of drug-likeness (QED) is 0.479. The van der Waals surface area contributed by atoms with Crippen molar-refractivity contribution in [2.24, 2.45) is 0 Å². The molecule has 0 amide bonds. The SMILES string of the molecule is CCC(O)(CC(=O)OC(C)(C)C)c1cc2n(c(=O)c1OC)Cc1cc3ccccc3nc1-2. The van der Waals surface area contributed by atoms with E-state index in [2.05, 4.69) is 0 Å². The standard InChI is InChI=1S/C25H28N2O5/c1-6-25(30,13-20(28)32-24(2,3)4)17-12-19-21-16(14-27(19)23(29)22(17)31-5)11-15-9-7-8-10-18(15)26-21/h7-12,30H,6,13-14H2,1-5H3. The highest BCUT2D eigenvalue weighted by Crippen LogP contribution is 2.39. The molecule has 4 rings (SSSR count). The average molecular weight is 437 g/mol. The number of nitrogens with zero attached hydrogens (tertiary/aromatic N) is 2. The maximum absolute atomic E-state index is 13.3. The molecule has 0 aliphatic carbocycles. The van der Waals surface area contributed by atoms with E-state index in [4.69, 9.17) is 14.5 Å². The molecule has 1 aliphatic rings. The van der Waals surface area contributed by atoms with Crippen LogP contribution in [0.2, 0.25) is 0 Å². The first kappa shape index (κ1) is 22.0. The van der Waals surface area contributed by atoms with Crippen LogP contribution in [0, 0.1) is 0 Å². The molecule has 3 heterocycles. The monoisotopic (exact) mass is 436 g/mol. The third-order valence-electron chi connectivity index (χ3n) is 5.78. The first-order valence-corrected chi connectivity index (χ1v) is 10.7. The highest BCUT2D eigenvalue weighted by Gasteiger charge is 2.38. The van der Waals surface area contributed by atoms with E-state index in [-0.39, 0.29) is 29.7 Å². The van der Waals surface area contributed by atoms with Gasteiger partial charge in [-0.1, -0.05) is 25.1 Å². The van der Waals surface area contributed by atoms with E-state index in [1.165, 1.54) is 7.11 Å². The lowest BCUT2D eigenvalue weighted by molar-refractivity contribution is -0.161. The molecule has 1 atom stereocenters. The fourth-order valence-electron chi connectivity index (χ4n) is 4.22. The van der Waals surface area contributed by atoms with Crippen LogP contribution in [0.1, 0.15) is 51.7 Å². The first-order valence-electron chi connectivity index (χ1n) is 10.7. The molecule has 0 radical (unpaired) electrons. The second-order valence-electron chi connectivity index (χ2n) is 9.20. The van der Waals surface area contributed by atoms with Gasteiger partial charge in [-0.3, -0.25) is 14.2 Å². The predicted molar refractivity (Wildman–Crippen MR) is 122 cm³/mol. The number of aliphatic hydroxyl groups is 1. The predicted octanol–water partition coefficient (Wildman–Crippen LogP) is 3.76. The lowest BCUT2D eigenvalue weighted by Crippen LogP contribution is -2.35. The van der Waals surface area contributed by atoms with Gasteiger partial charge in [0, 0.05) is 16.5 Å². The van der Waals surface area contributed by atoms with Crippen molar-refractivity contribution in [2.45, 2.75) is 58.3 Å². The number of rotatable bonds is 5. The zero-order valence-corrected chi connectivity index (χ0v) is 19.1. The Hall–Kier alpha value is -3.19. The maximum atomic E-state index is 13.3. The minimum Gasteiger partial charge on any atom is -0.491 e. The van der Waals surface area contributed by atoms with Crippen molar-refractivity contribution < 1.29 is 19.4 Å². The number of esters is 1. The van der Waals surface area contributed by atoms with Gasteiger partial charge in [-0.25, -0.2) is 4.98 Å². The van der Waals surface area contributed by atoms with Gasteiger partial charge >= 0.3 is 5.97 Å². The van der Waals surface area contributed by atoms with E-state index in [1.54, 1.807) is 38.3 Å². The maximum Gasteiger partial charge on any atom is 0.309 e. The lowest BCUT2D eigenvalue weighted by atomic mass is 9.87. The first-order chi connectivity index (χ1) is 15.1. The van der Waals surface area contributed by atoms with Crippen molar-refractivity contribution in [2.75, 3.05) is 7.11 Å². The summed E-state index contributed by atoms with van der Waals surface area (Å²) < 4.78 is 12.5. The van der Waals surface area contributed by atoms with Crippen LogP contribution in [0.15, 0.2) is 41.2 Å². The zero-order chi connectivity index (χ0) is 23.3. The van der Waals surface area contributed by atoms with Gasteiger partial charge in [0.1, 0.15) is 11.2 Å². The van der Waals surface area contributed by atoms with E-state index in [0.717, 1.165) is 16.5 Å². The van der Waals surface area contributed by atoms with Crippen molar-refractivity contribution in [3.63, 3.8) is 0 Å². The second-order valence-corrected chi connectivity index (χ2v) is 9.20. The molecule has 168 valence electrons. The second kappa shape index (κ2) is 7.74. The van der Waals surface area contributed by atoms with E-state index >= 15 is 0 Å². The summed E-state index contributed by atoms with van der Waals surface area (Å²) in [6.07, 6.45) is -0.0957. The van der Waals surface area contributed by atoms with Crippen LogP contribution in [0.25, 0.3) is 22.3 Å². The van der Waals surface area contributed by atoms with Gasteiger partial charge < -0.3 is 14.6 Å². The summed E-state index contributed by atoms with van der Waals surface area (Å²) in [6, 6.07) is 11.5. The van der Waals surface area contributed by atoms with Crippen LogP contribution in [0.5, 0.6) is 5.75 Å². The number of carbonyl (C=O) groups is 1. The summed E-state index contributed by atoms with van der Waals surface area (Å²) in [7, 11) is 1.39. The van der Waals surface area contributed by atoms with E-state index < -0.39 is 17.2 Å². The lowest BCUT2D eigenvalue weighted by Gasteiger charge is -2.30. The Morgan fingerprint density at radius 2 is 1.94 bits per heavy atom. The minimum atomic E-state index is -1.62. The molecule has 1 unspecified atom stereocenters. The van der Waals surface area contributed by atoms with Gasteiger partial charge in [0.25, 0.3) is 5.56 Å². The van der Waals surface area contributed by atoms with E-state index in [0.29, 0.717) is 17.9 Å². The smallest absolute Gasteiger partial charge is 0.309 e. The van der Waals surface area contributed by atoms with E-state index in [9.17, 15) is 14.7 Å². The van der Waals surface area contributed by atoms with Crippen molar-refractivity contribution >= 4 is 16.9 Å². The molecule has 1 aromatic carbocycles. The molecule has 3 aromatic rings. The van der Waals surface area contributed by atoms with Crippen molar-refractivity contribution in [3.8, 4) is 17.1 Å². The number of carbonyl (C=O) groups excluding carboxylic acids is 1. The van der Waals surface area contributed by atoms with Gasteiger partial charge in [-0.05, 0) is 45.4 Å². The highest BCUT2D eigenvalue weighted by molar-refractivity contribution is 5.84. The average Bonchev–Trinajstić information content (AvgIpc) is 3.08. The van der Waals surface area contributed by atoms with Crippen LogP contribution in [-0.4, -0.2) is 33.3 Å². The van der Waals surface area contributed by atoms with Crippen LogP contribution < -0.4 is 10.3 Å². The van der Waals surface area contributed by atoms with Crippen LogP contribution in [0.4, 0.5) is 0 Å². The number of methoxy groups -OCH3 is 1. The Morgan fingerprint density at radius 3 is 2.59 bits per heavy atom. The molecule has 1 N–H and O–H groups in total. The number of benzene rings is 1. The Balaban J connectivity index is 1.86. The topological polar surface area (TPSA) is 90.7 Å². The third-order valence-corrected chi connectivity index (χ3v) is 5.78. The number of fused-ring (bicyclic) bond motifs is 4. The highest BCUT2D eigenvalue weighted by atomic mass is 16.6. The molecular formula is C25H28N2O5. The summed E-state index contributed by atoms with van der Waals surface area (Å²) >= 11 is 0. The van der Waals surface area contributed by atoms with Crippen LogP contribution in [-0.2, 0) is 21.7 Å². The summed E-state index contributed by atoms with van der Waals surface area (Å²) in [5, 5.41) is 12.5. The summed E-state index contributed by atoms with van der Waals surface area (Å²) in [5.74, 6) is -0.520. The molecule has 0 spiro atoms. The molecule has 1 aliphatic heterocycles. The molecule has 7 nitrogen and oxygen atoms in total. The summed E-state index contributed by atoms with van der Waals surface area (Å²) in [5.41, 5.74) is 0.643. The van der Waals surface area contributed by atoms with Gasteiger partial charge in [-0.2, -0.15) is 0 Å². The Morgan fingerprint density at radius 1 is 1.22 bits per heavy atom. The molecule has 0 fully saturated rings. The molecule has 7 heteroatoms. The fourth-order valence-corrected chi connectivity index (χ4v) is 4.22. The van der Waals surface area contributed by atoms with Crippen LogP contribution in [0.3, 0.4) is 0 Å². The van der Waals surface area contributed by atoms with Gasteiger partial charge in [0.15, 0.2) is 5.75 Å². The number of hydrogen-bond acceptors (Lipinski definition) is 6. The number of aromatic nitrogens is 2. The molecule has 2 aromatic heterocycles. The number of hydrogen-bond donors (Lipinski definition) is 1. The van der Waals surface area contributed by atoms with Gasteiger partial charge in [0.2, 0.25) is 0 Å². The number of ether oxygens (including phenoxy) is 2. The van der Waals surface area contributed by atoms with Gasteiger partial charge in [-0.15, -0.1) is 0 Å². The zero-order valence-electron chi connectivity index (χ0n) is 19.1. The minimum absolute atomic E-state index is 0.0269. The molecule has 0 saturated carbocycles. The Kier molecular flexibility index (Phi) is 5.33.